The van der Waals surface area contributed by atoms with Crippen molar-refractivity contribution in [2.24, 2.45) is 12.8 Å². The molecule has 2 N–H and O–H groups in total. The molecule has 0 spiro atoms. The van der Waals surface area contributed by atoms with Crippen LogP contribution in [0.15, 0.2) is 18.3 Å². The molecule has 0 saturated carbocycles. The summed E-state index contributed by atoms with van der Waals surface area (Å²) in [6, 6.07) is 4.25. The van der Waals surface area contributed by atoms with E-state index in [9.17, 15) is 0 Å². The van der Waals surface area contributed by atoms with Gasteiger partial charge < -0.3 is 15.0 Å². The van der Waals surface area contributed by atoms with Crippen molar-refractivity contribution in [2.75, 3.05) is 6.54 Å². The zero-order chi connectivity index (χ0) is 14.7. The maximum atomic E-state index is 5.92. The average molecular weight is 273 g/mol. The summed E-state index contributed by atoms with van der Waals surface area (Å²) in [5.74, 6) is 1.85. The lowest BCUT2D eigenvalue weighted by atomic mass is 10.1. The van der Waals surface area contributed by atoms with E-state index in [-0.39, 0.29) is 0 Å². The van der Waals surface area contributed by atoms with Crippen molar-refractivity contribution < 1.29 is 4.74 Å². The van der Waals surface area contributed by atoms with Crippen molar-refractivity contribution in [3.8, 4) is 5.75 Å². The van der Waals surface area contributed by atoms with Gasteiger partial charge in [0.05, 0.1) is 5.69 Å². The fourth-order valence-electron chi connectivity index (χ4n) is 2.21. The Labute approximate surface area is 120 Å². The quantitative estimate of drug-likeness (QED) is 0.910. The van der Waals surface area contributed by atoms with Gasteiger partial charge in [-0.15, -0.1) is 0 Å². The number of aromatic nitrogens is 2. The topological polar surface area (TPSA) is 53.1 Å². The van der Waals surface area contributed by atoms with Gasteiger partial charge in [-0.3, -0.25) is 0 Å². The largest absolute Gasteiger partial charge is 0.485 e. The SMILES string of the molecule is Cc1cc(C)c(OCc2nc(CCN)cn2C)cc1C. The van der Waals surface area contributed by atoms with E-state index in [1.54, 1.807) is 0 Å². The molecule has 0 atom stereocenters. The third-order valence-corrected chi connectivity index (χ3v) is 3.57. The number of imidazole rings is 1. The fraction of sp³-hybridized carbons (Fsp3) is 0.438. The highest BCUT2D eigenvalue weighted by molar-refractivity contribution is 5.40. The fourth-order valence-corrected chi connectivity index (χ4v) is 2.21. The van der Waals surface area contributed by atoms with Gasteiger partial charge in [0, 0.05) is 19.7 Å². The van der Waals surface area contributed by atoms with E-state index in [1.165, 1.54) is 11.1 Å². The molecule has 0 aliphatic heterocycles. The van der Waals surface area contributed by atoms with Crippen LogP contribution >= 0.6 is 0 Å². The van der Waals surface area contributed by atoms with Crippen LogP contribution in [0.25, 0.3) is 0 Å². The Balaban J connectivity index is 2.10. The van der Waals surface area contributed by atoms with Crippen LogP contribution in [-0.2, 0) is 20.1 Å². The van der Waals surface area contributed by atoms with Gasteiger partial charge in [-0.05, 0) is 50.1 Å². The lowest BCUT2D eigenvalue weighted by Gasteiger charge is -2.11. The smallest absolute Gasteiger partial charge is 0.146 e. The molecule has 0 aliphatic carbocycles. The van der Waals surface area contributed by atoms with Gasteiger partial charge in [0.1, 0.15) is 18.2 Å². The molecule has 20 heavy (non-hydrogen) atoms. The molecule has 4 heteroatoms. The van der Waals surface area contributed by atoms with Crippen molar-refractivity contribution >= 4 is 0 Å². The Morgan fingerprint density at radius 3 is 2.55 bits per heavy atom. The Morgan fingerprint density at radius 2 is 1.85 bits per heavy atom. The van der Waals surface area contributed by atoms with E-state index in [2.05, 4.69) is 37.9 Å². The van der Waals surface area contributed by atoms with Crippen LogP contribution in [0.4, 0.5) is 0 Å². The van der Waals surface area contributed by atoms with Crippen LogP contribution < -0.4 is 10.5 Å². The van der Waals surface area contributed by atoms with Gasteiger partial charge in [-0.2, -0.15) is 0 Å². The first kappa shape index (κ1) is 14.6. The number of benzene rings is 1. The molecule has 0 amide bonds. The van der Waals surface area contributed by atoms with E-state index in [4.69, 9.17) is 10.5 Å². The molecule has 4 nitrogen and oxygen atoms in total. The van der Waals surface area contributed by atoms with E-state index in [0.29, 0.717) is 13.2 Å². The van der Waals surface area contributed by atoms with E-state index in [1.807, 2.05) is 17.8 Å². The summed E-state index contributed by atoms with van der Waals surface area (Å²) in [6.45, 7) is 7.38. The highest BCUT2D eigenvalue weighted by Gasteiger charge is 2.08. The summed E-state index contributed by atoms with van der Waals surface area (Å²) in [4.78, 5) is 4.54. The van der Waals surface area contributed by atoms with E-state index in [0.717, 1.165) is 29.3 Å². The maximum absolute atomic E-state index is 5.92. The number of hydrogen-bond donors (Lipinski definition) is 1. The number of ether oxygens (including phenoxy) is 1. The number of nitrogens with two attached hydrogens (primary N) is 1. The lowest BCUT2D eigenvalue weighted by molar-refractivity contribution is 0.289. The zero-order valence-corrected chi connectivity index (χ0v) is 12.7. The second-order valence-corrected chi connectivity index (χ2v) is 5.29. The number of nitrogens with zero attached hydrogens (tertiary/aromatic N) is 2. The van der Waals surface area contributed by atoms with Crippen LogP contribution in [0.5, 0.6) is 5.75 Å². The first-order chi connectivity index (χ1) is 9.51. The average Bonchev–Trinajstić information content (AvgIpc) is 2.73. The number of hydrogen-bond acceptors (Lipinski definition) is 3. The molecular formula is C16H23N3O. The molecule has 1 aromatic carbocycles. The summed E-state index contributed by atoms with van der Waals surface area (Å²) in [6.07, 6.45) is 2.81. The molecule has 0 bridgehead atoms. The Hall–Kier alpha value is -1.81. The lowest BCUT2D eigenvalue weighted by Crippen LogP contribution is -2.05. The van der Waals surface area contributed by atoms with Crippen molar-refractivity contribution in [1.82, 2.24) is 9.55 Å². The van der Waals surface area contributed by atoms with Crippen LogP contribution in [0.3, 0.4) is 0 Å². The number of rotatable bonds is 5. The number of aryl methyl sites for hydroxylation is 4. The summed E-state index contributed by atoms with van der Waals surface area (Å²) in [5.41, 5.74) is 10.3. The summed E-state index contributed by atoms with van der Waals surface area (Å²) in [5, 5.41) is 0. The summed E-state index contributed by atoms with van der Waals surface area (Å²) < 4.78 is 7.92. The molecule has 0 radical (unpaired) electrons. The highest BCUT2D eigenvalue weighted by atomic mass is 16.5. The Kier molecular flexibility index (Phi) is 4.45. The van der Waals surface area contributed by atoms with Gasteiger partial charge in [-0.1, -0.05) is 6.07 Å². The molecule has 2 rings (SSSR count). The zero-order valence-electron chi connectivity index (χ0n) is 12.7. The summed E-state index contributed by atoms with van der Waals surface area (Å²) in [7, 11) is 1.99. The Morgan fingerprint density at radius 1 is 1.15 bits per heavy atom. The van der Waals surface area contributed by atoms with Crippen LogP contribution in [-0.4, -0.2) is 16.1 Å². The molecule has 2 aromatic rings. The van der Waals surface area contributed by atoms with Gasteiger partial charge >= 0.3 is 0 Å². The van der Waals surface area contributed by atoms with E-state index < -0.39 is 0 Å². The van der Waals surface area contributed by atoms with Crippen molar-refractivity contribution in [1.29, 1.82) is 0 Å². The predicted molar refractivity (Wildman–Crippen MR) is 81.0 cm³/mol. The second kappa shape index (κ2) is 6.09. The van der Waals surface area contributed by atoms with Gasteiger partial charge in [-0.25, -0.2) is 4.98 Å². The normalized spacial score (nSPS) is 10.8. The molecule has 0 unspecified atom stereocenters. The monoisotopic (exact) mass is 273 g/mol. The minimum absolute atomic E-state index is 0.477. The molecule has 0 saturated heterocycles. The van der Waals surface area contributed by atoms with Crippen molar-refractivity contribution in [3.63, 3.8) is 0 Å². The van der Waals surface area contributed by atoms with Gasteiger partial charge in [0.25, 0.3) is 0 Å². The molecule has 1 heterocycles. The molecule has 0 aliphatic rings. The third kappa shape index (κ3) is 3.20. The van der Waals surface area contributed by atoms with Gasteiger partial charge in [0.2, 0.25) is 0 Å². The predicted octanol–water partition coefficient (Wildman–Crippen LogP) is 2.43. The minimum atomic E-state index is 0.477. The third-order valence-electron chi connectivity index (χ3n) is 3.57. The first-order valence-electron chi connectivity index (χ1n) is 6.93. The second-order valence-electron chi connectivity index (χ2n) is 5.29. The minimum Gasteiger partial charge on any atom is -0.485 e. The van der Waals surface area contributed by atoms with E-state index >= 15 is 0 Å². The van der Waals surface area contributed by atoms with Crippen molar-refractivity contribution in [3.05, 3.63) is 46.5 Å². The standard InChI is InChI=1S/C16H23N3O/c1-11-7-13(3)15(8-12(11)2)20-10-16-18-14(5-6-17)9-19(16)4/h7-9H,5-6,10,17H2,1-4H3. The van der Waals surface area contributed by atoms with Crippen molar-refractivity contribution in [2.45, 2.75) is 33.8 Å². The van der Waals surface area contributed by atoms with Crippen LogP contribution in [0.1, 0.15) is 28.2 Å². The first-order valence-corrected chi connectivity index (χ1v) is 6.93. The highest BCUT2D eigenvalue weighted by Crippen LogP contribution is 2.23. The molecular weight excluding hydrogens is 250 g/mol. The van der Waals surface area contributed by atoms with Gasteiger partial charge in [0.15, 0.2) is 0 Å². The molecule has 108 valence electrons. The summed E-state index contributed by atoms with van der Waals surface area (Å²) >= 11 is 0. The maximum Gasteiger partial charge on any atom is 0.146 e. The molecule has 0 fully saturated rings. The van der Waals surface area contributed by atoms with Crippen LogP contribution in [0, 0.1) is 20.8 Å². The Bertz CT molecular complexity index is 602. The molecule has 1 aromatic heterocycles. The van der Waals surface area contributed by atoms with Crippen LogP contribution in [0.2, 0.25) is 0 Å².